The van der Waals surface area contributed by atoms with E-state index in [4.69, 9.17) is 4.98 Å². The number of carbonyl (C=O) groups excluding carboxylic acids is 3. The van der Waals surface area contributed by atoms with Crippen molar-refractivity contribution in [3.8, 4) is 0 Å². The highest BCUT2D eigenvalue weighted by Crippen LogP contribution is 2.26. The Morgan fingerprint density at radius 3 is 1.42 bits per heavy atom. The van der Waals surface area contributed by atoms with Crippen molar-refractivity contribution in [2.24, 2.45) is 0 Å². The molecule has 8 rings (SSSR count). The lowest BCUT2D eigenvalue weighted by atomic mass is 10.2. The predicted molar refractivity (Wildman–Crippen MR) is 236 cm³/mol. The summed E-state index contributed by atoms with van der Waals surface area (Å²) in [6.45, 7) is 13.3. The summed E-state index contributed by atoms with van der Waals surface area (Å²) in [5.41, 5.74) is 6.77. The van der Waals surface area contributed by atoms with Crippen LogP contribution in [0.5, 0.6) is 0 Å². The van der Waals surface area contributed by atoms with E-state index in [2.05, 4.69) is 57.4 Å². The van der Waals surface area contributed by atoms with Gasteiger partial charge in [-0.25, -0.2) is 9.97 Å². The molecule has 0 bridgehead atoms. The average Bonchev–Trinajstić information content (AvgIpc) is 3.81. The van der Waals surface area contributed by atoms with Crippen molar-refractivity contribution in [2.75, 3.05) is 76.3 Å². The molecule has 0 aromatic carbocycles. The molecule has 0 unspecified atom stereocenters. The number of ketones is 2. The minimum absolute atomic E-state index is 0.0383. The number of rotatable bonds is 9. The van der Waals surface area contributed by atoms with E-state index < -0.39 is 0 Å². The summed E-state index contributed by atoms with van der Waals surface area (Å²) >= 11 is 0. The summed E-state index contributed by atoms with van der Waals surface area (Å²) in [5.74, 6) is 2.08. The highest BCUT2D eigenvalue weighted by Gasteiger charge is 2.22. The predicted octanol–water partition coefficient (Wildman–Crippen LogP) is 5.98. The number of allylic oxidation sites excluding steroid dienone is 3. The second kappa shape index (κ2) is 20.2. The molecule has 0 spiro atoms. The summed E-state index contributed by atoms with van der Waals surface area (Å²) in [5, 5.41) is 0. The molecule has 6 aromatic heterocycles. The van der Waals surface area contributed by atoms with Crippen molar-refractivity contribution in [2.45, 2.75) is 20.8 Å². The Balaban J connectivity index is 0.000000169. The molecule has 2 aliphatic rings. The van der Waals surface area contributed by atoms with Crippen LogP contribution in [0.4, 0.5) is 11.6 Å². The van der Waals surface area contributed by atoms with Crippen LogP contribution in [0.1, 0.15) is 45.6 Å². The normalized spacial score (nSPS) is 15.1. The number of imidazole rings is 2. The standard InChI is InChI=1S/C23H25N5O.C16H20N4O.C7H7NO/c1-18-6-5-12-24-20(18)10-8-19(29)9-11-21-23(27-16-14-26(2)15-17-27)28-13-4-3-7-22(28)25-21;1-13(21)6-7-14-16(19-11-9-18(2)10-12-19)20-8-4-3-5-15(20)17-14;1-6-3-2-4-8-7(6)5-9/h3-13H,14-17H2,1-2H3;3-8H,9-12H2,1-2H3;2-5H,1H3/b10-8+,11-9+;7-6+;. The van der Waals surface area contributed by atoms with Crippen LogP contribution in [-0.2, 0) is 9.59 Å². The third-order valence-electron chi connectivity index (χ3n) is 10.2. The van der Waals surface area contributed by atoms with Gasteiger partial charge in [0.05, 0.1) is 5.69 Å². The van der Waals surface area contributed by atoms with Crippen molar-refractivity contribution in [3.63, 3.8) is 0 Å². The van der Waals surface area contributed by atoms with E-state index in [9.17, 15) is 14.4 Å². The van der Waals surface area contributed by atoms with Crippen LogP contribution < -0.4 is 9.80 Å². The molecule has 6 aromatic rings. The van der Waals surface area contributed by atoms with Crippen molar-refractivity contribution >= 4 is 59.0 Å². The molecule has 304 valence electrons. The molecule has 0 radical (unpaired) electrons. The fraction of sp³-hybridized carbons (Fsp3) is 0.283. The molecule has 59 heavy (non-hydrogen) atoms. The van der Waals surface area contributed by atoms with Crippen molar-refractivity contribution in [1.82, 2.24) is 38.5 Å². The Morgan fingerprint density at radius 2 is 1.00 bits per heavy atom. The summed E-state index contributed by atoms with van der Waals surface area (Å²) in [4.78, 5) is 60.6. The minimum Gasteiger partial charge on any atom is -0.353 e. The van der Waals surface area contributed by atoms with Gasteiger partial charge in [-0.2, -0.15) is 0 Å². The largest absolute Gasteiger partial charge is 0.353 e. The van der Waals surface area contributed by atoms with Crippen LogP contribution in [-0.4, -0.2) is 123 Å². The van der Waals surface area contributed by atoms with E-state index in [0.29, 0.717) is 5.69 Å². The molecule has 2 fully saturated rings. The number of nitrogens with zero attached hydrogens (tertiary/aromatic N) is 10. The SMILES string of the molecule is CC(=O)/C=C/c1nc2ccccn2c1N1CCN(C)CC1.Cc1cccnc1/C=C/C(=O)/C=C/c1nc2ccccn2c1N1CCN(C)CC1.Cc1cccnc1C=O. The molecule has 8 heterocycles. The molecule has 0 aliphatic carbocycles. The third kappa shape index (κ3) is 11.1. The number of anilines is 2. The van der Waals surface area contributed by atoms with Crippen molar-refractivity contribution in [3.05, 3.63) is 138 Å². The van der Waals surface area contributed by atoms with Crippen LogP contribution in [0.15, 0.2) is 104 Å². The third-order valence-corrected chi connectivity index (χ3v) is 10.2. The lowest BCUT2D eigenvalue weighted by Crippen LogP contribution is -2.45. The molecule has 0 saturated carbocycles. The van der Waals surface area contributed by atoms with E-state index in [1.165, 1.54) is 0 Å². The van der Waals surface area contributed by atoms with Gasteiger partial charge in [-0.3, -0.25) is 33.2 Å². The molecule has 0 atom stereocenters. The first kappa shape index (κ1) is 42.0. The quantitative estimate of drug-likeness (QED) is 0.127. The van der Waals surface area contributed by atoms with Gasteiger partial charge >= 0.3 is 0 Å². The molecule has 13 nitrogen and oxygen atoms in total. The van der Waals surface area contributed by atoms with E-state index >= 15 is 0 Å². The number of likely N-dealkylation sites (N-methyl/N-ethyl adjacent to an activating group) is 2. The fourth-order valence-electron chi connectivity index (χ4n) is 6.76. The number of aldehydes is 1. The Kier molecular flexibility index (Phi) is 14.4. The first-order chi connectivity index (χ1) is 28.6. The first-order valence-corrected chi connectivity index (χ1v) is 19.8. The van der Waals surface area contributed by atoms with E-state index in [-0.39, 0.29) is 11.6 Å². The van der Waals surface area contributed by atoms with Gasteiger partial charge < -0.3 is 19.6 Å². The number of carbonyl (C=O) groups is 3. The van der Waals surface area contributed by atoms with Crippen LogP contribution in [0.2, 0.25) is 0 Å². The van der Waals surface area contributed by atoms with Crippen molar-refractivity contribution in [1.29, 1.82) is 0 Å². The van der Waals surface area contributed by atoms with Gasteiger partial charge in [-0.1, -0.05) is 24.3 Å². The van der Waals surface area contributed by atoms with Gasteiger partial charge in [0.25, 0.3) is 0 Å². The Bertz CT molecular complexity index is 2470. The highest BCUT2D eigenvalue weighted by molar-refractivity contribution is 6.04. The van der Waals surface area contributed by atoms with Gasteiger partial charge in [0.2, 0.25) is 0 Å². The number of fused-ring (bicyclic) bond motifs is 2. The monoisotopic (exact) mass is 792 g/mol. The fourth-order valence-corrected chi connectivity index (χ4v) is 6.76. The summed E-state index contributed by atoms with van der Waals surface area (Å²) in [6, 6.07) is 19.5. The zero-order valence-corrected chi connectivity index (χ0v) is 34.5. The van der Waals surface area contributed by atoms with Gasteiger partial charge in [-0.05, 0) is 119 Å². The highest BCUT2D eigenvalue weighted by atomic mass is 16.1. The Labute approximate surface area is 345 Å². The zero-order chi connectivity index (χ0) is 41.7. The Morgan fingerprint density at radius 1 is 0.559 bits per heavy atom. The smallest absolute Gasteiger partial charge is 0.178 e. The number of hydrogen-bond donors (Lipinski definition) is 0. The molecular weight excluding hydrogens is 741 g/mol. The number of hydrogen-bond acceptors (Lipinski definition) is 11. The van der Waals surface area contributed by atoms with Crippen LogP contribution in [0.25, 0.3) is 29.5 Å². The van der Waals surface area contributed by atoms with Crippen molar-refractivity contribution < 1.29 is 14.4 Å². The second-order valence-corrected chi connectivity index (χ2v) is 14.6. The van der Waals surface area contributed by atoms with Crippen LogP contribution in [0.3, 0.4) is 0 Å². The maximum absolute atomic E-state index is 12.4. The summed E-state index contributed by atoms with van der Waals surface area (Å²) in [6.07, 6.45) is 18.3. The van der Waals surface area contributed by atoms with Crippen LogP contribution in [0, 0.1) is 13.8 Å². The topological polar surface area (TPSA) is 125 Å². The zero-order valence-electron chi connectivity index (χ0n) is 34.5. The lowest BCUT2D eigenvalue weighted by molar-refractivity contribution is -0.112. The maximum Gasteiger partial charge on any atom is 0.178 e. The molecule has 2 aliphatic heterocycles. The summed E-state index contributed by atoms with van der Waals surface area (Å²) < 4.78 is 4.20. The first-order valence-electron chi connectivity index (χ1n) is 19.8. The van der Waals surface area contributed by atoms with E-state index in [0.717, 1.165) is 110 Å². The molecule has 2 saturated heterocycles. The van der Waals surface area contributed by atoms with Gasteiger partial charge in [0, 0.05) is 77.1 Å². The Hall–Kier alpha value is -6.57. The summed E-state index contributed by atoms with van der Waals surface area (Å²) in [7, 11) is 4.28. The molecule has 0 amide bonds. The lowest BCUT2D eigenvalue weighted by Gasteiger charge is -2.33. The van der Waals surface area contributed by atoms with Gasteiger partial charge in [-0.15, -0.1) is 0 Å². The molecular formula is C46H52N10O3. The molecule has 0 N–H and O–H groups in total. The van der Waals surface area contributed by atoms with E-state index in [1.54, 1.807) is 43.6 Å². The number of aromatic nitrogens is 6. The minimum atomic E-state index is -0.0866. The molecule has 13 heteroatoms. The number of piperazine rings is 2. The van der Waals surface area contributed by atoms with Crippen LogP contribution >= 0.6 is 0 Å². The number of aryl methyl sites for hydroxylation is 2. The maximum atomic E-state index is 12.4. The second-order valence-electron chi connectivity index (χ2n) is 14.6. The van der Waals surface area contributed by atoms with Gasteiger partial charge in [0.15, 0.2) is 17.9 Å². The number of pyridine rings is 4. The van der Waals surface area contributed by atoms with Gasteiger partial charge in [0.1, 0.15) is 40.0 Å². The van der Waals surface area contributed by atoms with E-state index in [1.807, 2.05) is 99.1 Å². The average molecular weight is 793 g/mol.